The van der Waals surface area contributed by atoms with E-state index in [1.54, 1.807) is 6.07 Å². The van der Waals surface area contributed by atoms with Gasteiger partial charge < -0.3 is 10.6 Å². The zero-order valence-corrected chi connectivity index (χ0v) is 13.8. The van der Waals surface area contributed by atoms with Gasteiger partial charge in [-0.25, -0.2) is 0 Å². The molecule has 0 aliphatic carbocycles. The summed E-state index contributed by atoms with van der Waals surface area (Å²) in [6.07, 6.45) is 0. The van der Waals surface area contributed by atoms with Crippen LogP contribution in [0.3, 0.4) is 0 Å². The maximum Gasteiger partial charge on any atom is 0.271 e. The van der Waals surface area contributed by atoms with Gasteiger partial charge in [0.15, 0.2) is 0 Å². The van der Waals surface area contributed by atoms with E-state index >= 15 is 0 Å². The topological polar surface area (TPSA) is 87.5 Å². The van der Waals surface area contributed by atoms with Crippen molar-refractivity contribution in [1.82, 2.24) is 10.2 Å². The van der Waals surface area contributed by atoms with Gasteiger partial charge >= 0.3 is 0 Å². The van der Waals surface area contributed by atoms with Crippen molar-refractivity contribution in [2.24, 2.45) is 0 Å². The Morgan fingerprint density at radius 3 is 2.59 bits per heavy atom. The highest BCUT2D eigenvalue weighted by Gasteiger charge is 2.15. The Hall–Kier alpha value is -1.41. The van der Waals surface area contributed by atoms with Gasteiger partial charge in [-0.3, -0.25) is 19.8 Å². The van der Waals surface area contributed by atoms with Gasteiger partial charge in [-0.1, -0.05) is 6.07 Å². The third-order valence-corrected chi connectivity index (χ3v) is 3.28. The molecular formula is C13H20Cl2N4O3. The summed E-state index contributed by atoms with van der Waals surface area (Å²) < 4.78 is 0. The normalized spacial score (nSPS) is 14.4. The number of hydrogen-bond acceptors (Lipinski definition) is 5. The van der Waals surface area contributed by atoms with Crippen molar-refractivity contribution < 1.29 is 9.72 Å². The van der Waals surface area contributed by atoms with Crippen molar-refractivity contribution in [3.63, 3.8) is 0 Å². The third kappa shape index (κ3) is 5.76. The van der Waals surface area contributed by atoms with Gasteiger partial charge in [0.1, 0.15) is 0 Å². The Kier molecular flexibility index (Phi) is 8.96. The van der Waals surface area contributed by atoms with Crippen LogP contribution in [0.4, 0.5) is 11.4 Å². The molecule has 1 heterocycles. The Morgan fingerprint density at radius 2 is 2.00 bits per heavy atom. The highest BCUT2D eigenvalue weighted by Crippen LogP contribution is 2.21. The molecule has 1 saturated heterocycles. The Morgan fingerprint density at radius 1 is 1.36 bits per heavy atom. The highest BCUT2D eigenvalue weighted by molar-refractivity contribution is 5.93. The fraction of sp³-hybridized carbons (Fsp3) is 0.462. The molecule has 2 rings (SSSR count). The first-order valence-electron chi connectivity index (χ1n) is 6.54. The van der Waals surface area contributed by atoms with Crippen LogP contribution in [0, 0.1) is 17.0 Å². The first kappa shape index (κ1) is 20.6. The Labute approximate surface area is 141 Å². The van der Waals surface area contributed by atoms with Crippen LogP contribution in [0.25, 0.3) is 0 Å². The standard InChI is InChI=1S/C13H18N4O3.2ClH/c1-10-2-3-11(17(19)20)8-12(10)15-13(18)9-16-6-4-14-5-7-16;;/h2-3,8,14H,4-7,9H2,1H3,(H,15,18);2*1H. The number of carbonyl (C=O) groups excluding carboxylic acids is 1. The number of aryl methyl sites for hydroxylation is 1. The van der Waals surface area contributed by atoms with Gasteiger partial charge in [-0.2, -0.15) is 0 Å². The predicted molar refractivity (Wildman–Crippen MR) is 90.3 cm³/mol. The monoisotopic (exact) mass is 350 g/mol. The van der Waals surface area contributed by atoms with Crippen molar-refractivity contribution in [3.05, 3.63) is 33.9 Å². The molecule has 124 valence electrons. The van der Waals surface area contributed by atoms with E-state index in [0.29, 0.717) is 12.2 Å². The van der Waals surface area contributed by atoms with Crippen LogP contribution in [0.15, 0.2) is 18.2 Å². The molecule has 7 nitrogen and oxygen atoms in total. The fourth-order valence-electron chi connectivity index (χ4n) is 2.12. The summed E-state index contributed by atoms with van der Waals surface area (Å²) in [5, 5.41) is 16.7. The summed E-state index contributed by atoms with van der Waals surface area (Å²) in [7, 11) is 0. The number of carbonyl (C=O) groups is 1. The van der Waals surface area contributed by atoms with Crippen molar-refractivity contribution in [3.8, 4) is 0 Å². The van der Waals surface area contributed by atoms with E-state index in [1.165, 1.54) is 12.1 Å². The first-order valence-corrected chi connectivity index (χ1v) is 6.54. The van der Waals surface area contributed by atoms with E-state index in [9.17, 15) is 14.9 Å². The molecule has 0 spiro atoms. The maximum atomic E-state index is 12.0. The smallest absolute Gasteiger partial charge is 0.271 e. The molecule has 2 N–H and O–H groups in total. The predicted octanol–water partition coefficient (Wildman–Crippen LogP) is 1.59. The number of halogens is 2. The van der Waals surface area contributed by atoms with E-state index in [4.69, 9.17) is 0 Å². The van der Waals surface area contributed by atoms with Gasteiger partial charge in [0, 0.05) is 38.3 Å². The lowest BCUT2D eigenvalue weighted by Gasteiger charge is -2.26. The maximum absolute atomic E-state index is 12.0. The SMILES string of the molecule is Cc1ccc([N+](=O)[O-])cc1NC(=O)CN1CCNCC1.Cl.Cl. The summed E-state index contributed by atoms with van der Waals surface area (Å²) in [5.74, 6) is -0.143. The quantitative estimate of drug-likeness (QED) is 0.635. The largest absolute Gasteiger partial charge is 0.324 e. The zero-order chi connectivity index (χ0) is 14.5. The van der Waals surface area contributed by atoms with Crippen LogP contribution in [0.2, 0.25) is 0 Å². The minimum absolute atomic E-state index is 0. The molecule has 0 bridgehead atoms. The second-order valence-corrected chi connectivity index (χ2v) is 4.83. The lowest BCUT2D eigenvalue weighted by atomic mass is 10.2. The van der Waals surface area contributed by atoms with Gasteiger partial charge in [0.2, 0.25) is 5.91 Å². The van der Waals surface area contributed by atoms with Gasteiger partial charge in [-0.15, -0.1) is 24.8 Å². The number of nitrogens with zero attached hydrogens (tertiary/aromatic N) is 2. The Balaban J connectivity index is 0.00000220. The number of hydrogen-bond donors (Lipinski definition) is 2. The second-order valence-electron chi connectivity index (χ2n) is 4.83. The zero-order valence-electron chi connectivity index (χ0n) is 12.2. The van der Waals surface area contributed by atoms with E-state index in [-0.39, 0.29) is 36.4 Å². The number of rotatable bonds is 4. The average Bonchev–Trinajstić information content (AvgIpc) is 2.42. The Bertz CT molecular complexity index is 522. The van der Waals surface area contributed by atoms with Crippen molar-refractivity contribution in [2.45, 2.75) is 6.92 Å². The van der Waals surface area contributed by atoms with Crippen molar-refractivity contribution in [2.75, 3.05) is 38.0 Å². The van der Waals surface area contributed by atoms with Crippen LogP contribution in [0.1, 0.15) is 5.56 Å². The van der Waals surface area contributed by atoms with Crippen LogP contribution in [-0.2, 0) is 4.79 Å². The number of nitrogens with one attached hydrogen (secondary N) is 2. The van der Waals surface area contributed by atoms with Gasteiger partial charge in [0.05, 0.1) is 17.2 Å². The highest BCUT2D eigenvalue weighted by atomic mass is 35.5. The summed E-state index contributed by atoms with van der Waals surface area (Å²) in [4.78, 5) is 24.3. The molecule has 1 aliphatic rings. The molecule has 0 unspecified atom stereocenters. The van der Waals surface area contributed by atoms with E-state index in [2.05, 4.69) is 15.5 Å². The number of benzene rings is 1. The third-order valence-electron chi connectivity index (χ3n) is 3.28. The van der Waals surface area contributed by atoms with Gasteiger partial charge in [0.25, 0.3) is 5.69 Å². The number of non-ortho nitro benzene ring substituents is 1. The number of nitro groups is 1. The minimum atomic E-state index is -0.467. The minimum Gasteiger partial charge on any atom is -0.324 e. The summed E-state index contributed by atoms with van der Waals surface area (Å²) in [5.41, 5.74) is 1.29. The molecule has 1 aromatic rings. The van der Waals surface area contributed by atoms with Crippen LogP contribution >= 0.6 is 24.8 Å². The molecule has 0 aromatic heterocycles. The molecular weight excluding hydrogens is 331 g/mol. The van der Waals surface area contributed by atoms with Crippen LogP contribution < -0.4 is 10.6 Å². The molecule has 0 atom stereocenters. The number of nitro benzene ring substituents is 1. The fourth-order valence-corrected chi connectivity index (χ4v) is 2.12. The van der Waals surface area contributed by atoms with Crippen LogP contribution in [-0.4, -0.2) is 48.5 Å². The molecule has 22 heavy (non-hydrogen) atoms. The molecule has 0 radical (unpaired) electrons. The summed E-state index contributed by atoms with van der Waals surface area (Å²) >= 11 is 0. The lowest BCUT2D eigenvalue weighted by Crippen LogP contribution is -2.46. The van der Waals surface area contributed by atoms with Gasteiger partial charge in [-0.05, 0) is 12.5 Å². The molecule has 0 saturated carbocycles. The summed E-state index contributed by atoms with van der Waals surface area (Å²) in [6.45, 7) is 5.54. The lowest BCUT2D eigenvalue weighted by molar-refractivity contribution is -0.384. The van der Waals surface area contributed by atoms with Crippen LogP contribution in [0.5, 0.6) is 0 Å². The van der Waals surface area contributed by atoms with E-state index < -0.39 is 4.92 Å². The summed E-state index contributed by atoms with van der Waals surface area (Å²) in [6, 6.07) is 4.46. The number of anilines is 1. The average molecular weight is 351 g/mol. The molecule has 1 aromatic carbocycles. The van der Waals surface area contributed by atoms with E-state index in [1.807, 2.05) is 6.92 Å². The second kappa shape index (κ2) is 9.58. The van der Waals surface area contributed by atoms with E-state index in [0.717, 1.165) is 31.7 Å². The number of amides is 1. The molecule has 1 aliphatic heterocycles. The van der Waals surface area contributed by atoms with Crippen molar-refractivity contribution in [1.29, 1.82) is 0 Å². The molecule has 9 heteroatoms. The molecule has 1 amide bonds. The first-order chi connectivity index (χ1) is 9.56. The van der Waals surface area contributed by atoms with Crippen molar-refractivity contribution >= 4 is 42.1 Å². The molecule has 1 fully saturated rings. The number of piperazine rings is 1.